The molecule has 1 fully saturated rings. The van der Waals surface area contributed by atoms with Gasteiger partial charge in [0, 0.05) is 19.1 Å². The summed E-state index contributed by atoms with van der Waals surface area (Å²) in [6.07, 6.45) is 1.78. The number of ether oxygens (including phenoxy) is 1. The van der Waals surface area contributed by atoms with E-state index in [2.05, 4.69) is 32.8 Å². The smallest absolute Gasteiger partial charge is 0.407 e. The Kier molecular flexibility index (Phi) is 5.54. The number of piperidine rings is 1. The van der Waals surface area contributed by atoms with E-state index in [1.807, 2.05) is 6.92 Å². The number of alkyl carbamates (subject to hydrolysis) is 1. The minimum absolute atomic E-state index is 0.277. The first kappa shape index (κ1) is 12.0. The Labute approximate surface area is 98.5 Å². The Morgan fingerprint density at radius 3 is 2.71 bits per heavy atom. The number of carbonyl (C=O) groups excluding carboxylic acids is 1. The summed E-state index contributed by atoms with van der Waals surface area (Å²) in [6.45, 7) is 4.40. The maximum atomic E-state index is 11.1. The molecule has 1 aliphatic rings. The lowest BCUT2D eigenvalue weighted by atomic mass is 10.1. The average Bonchev–Trinajstić information content (AvgIpc) is 2.19. The van der Waals surface area contributed by atoms with Gasteiger partial charge in [-0.2, -0.15) is 0 Å². The number of alkyl halides is 1. The van der Waals surface area contributed by atoms with Crippen LogP contribution < -0.4 is 5.32 Å². The molecule has 1 N–H and O–H groups in total. The van der Waals surface area contributed by atoms with Crippen LogP contribution in [0.15, 0.2) is 0 Å². The molecule has 4 nitrogen and oxygen atoms in total. The first-order chi connectivity index (χ1) is 6.76. The summed E-state index contributed by atoms with van der Waals surface area (Å²) in [7, 11) is 0. The van der Waals surface area contributed by atoms with E-state index in [0.717, 1.165) is 30.5 Å². The normalized spacial score (nSPS) is 19.3. The summed E-state index contributed by atoms with van der Waals surface area (Å²) in [5.74, 6) is 0. The van der Waals surface area contributed by atoms with Gasteiger partial charge in [0.05, 0.1) is 11.2 Å². The molecule has 1 amide bonds. The Balaban J connectivity index is 2.18. The van der Waals surface area contributed by atoms with Crippen molar-refractivity contribution in [3.63, 3.8) is 0 Å². The largest absolute Gasteiger partial charge is 0.450 e. The monoisotopic (exact) mass is 312 g/mol. The van der Waals surface area contributed by atoms with Crippen molar-refractivity contribution in [2.24, 2.45) is 0 Å². The van der Waals surface area contributed by atoms with Crippen LogP contribution >= 0.6 is 22.6 Å². The van der Waals surface area contributed by atoms with Gasteiger partial charge in [0.15, 0.2) is 0 Å². The molecule has 0 spiro atoms. The molecule has 1 heterocycles. The number of nitrogens with zero attached hydrogens (tertiary/aromatic N) is 1. The van der Waals surface area contributed by atoms with Crippen LogP contribution in [0.2, 0.25) is 0 Å². The second kappa shape index (κ2) is 6.44. The molecular formula is C9H17IN2O2. The fourth-order valence-electron chi connectivity index (χ4n) is 1.54. The van der Waals surface area contributed by atoms with Gasteiger partial charge in [-0.3, -0.25) is 4.90 Å². The lowest BCUT2D eigenvalue weighted by Gasteiger charge is -2.30. The van der Waals surface area contributed by atoms with E-state index < -0.39 is 0 Å². The number of hydrogen-bond acceptors (Lipinski definition) is 3. The molecule has 1 aliphatic heterocycles. The second-order valence-corrected chi connectivity index (χ2v) is 4.06. The van der Waals surface area contributed by atoms with Crippen LogP contribution in [-0.2, 0) is 4.74 Å². The number of nitrogens with one attached hydrogen (secondary N) is 1. The van der Waals surface area contributed by atoms with E-state index in [9.17, 15) is 4.79 Å². The van der Waals surface area contributed by atoms with Gasteiger partial charge in [0.25, 0.3) is 0 Å². The van der Waals surface area contributed by atoms with Crippen molar-refractivity contribution in [2.75, 3.05) is 24.2 Å². The van der Waals surface area contributed by atoms with Gasteiger partial charge in [-0.05, 0) is 19.8 Å². The fraction of sp³-hybridized carbons (Fsp3) is 0.889. The molecule has 0 aromatic carbocycles. The Morgan fingerprint density at radius 2 is 2.21 bits per heavy atom. The summed E-state index contributed by atoms with van der Waals surface area (Å²) < 4.78 is 5.91. The molecule has 0 bridgehead atoms. The van der Waals surface area contributed by atoms with Crippen LogP contribution in [-0.4, -0.2) is 41.3 Å². The average molecular weight is 312 g/mol. The van der Waals surface area contributed by atoms with Crippen LogP contribution in [0.25, 0.3) is 0 Å². The molecule has 0 saturated carbocycles. The maximum Gasteiger partial charge on any atom is 0.407 e. The van der Waals surface area contributed by atoms with E-state index in [1.165, 1.54) is 0 Å². The molecule has 1 saturated heterocycles. The molecule has 0 atom stereocenters. The number of rotatable bonds is 3. The predicted molar refractivity (Wildman–Crippen MR) is 63.6 cm³/mol. The van der Waals surface area contributed by atoms with Crippen LogP contribution in [0.5, 0.6) is 0 Å². The molecule has 14 heavy (non-hydrogen) atoms. The third-order valence-electron chi connectivity index (χ3n) is 2.35. The van der Waals surface area contributed by atoms with Crippen molar-refractivity contribution < 1.29 is 9.53 Å². The van der Waals surface area contributed by atoms with E-state index in [1.54, 1.807) is 0 Å². The highest BCUT2D eigenvalue weighted by molar-refractivity contribution is 14.1. The number of amides is 1. The SMILES string of the molecule is CCOC(=O)NC1CCN(CI)CC1. The van der Waals surface area contributed by atoms with Crippen molar-refractivity contribution in [1.29, 1.82) is 0 Å². The zero-order valence-corrected chi connectivity index (χ0v) is 10.6. The van der Waals surface area contributed by atoms with E-state index in [0.29, 0.717) is 12.6 Å². The summed E-state index contributed by atoms with van der Waals surface area (Å²) in [4.78, 5) is 13.5. The summed E-state index contributed by atoms with van der Waals surface area (Å²) in [5, 5.41) is 2.87. The maximum absolute atomic E-state index is 11.1. The third kappa shape index (κ3) is 4.00. The summed E-state index contributed by atoms with van der Waals surface area (Å²) in [6, 6.07) is 0.299. The molecule has 0 unspecified atom stereocenters. The van der Waals surface area contributed by atoms with Crippen molar-refractivity contribution >= 4 is 28.7 Å². The molecule has 0 radical (unpaired) electrons. The van der Waals surface area contributed by atoms with Gasteiger partial charge >= 0.3 is 6.09 Å². The Morgan fingerprint density at radius 1 is 1.57 bits per heavy atom. The minimum atomic E-state index is -0.277. The standard InChI is InChI=1S/C9H17IN2O2/c1-2-14-9(13)11-8-3-5-12(7-10)6-4-8/h8H,2-7H2,1H3,(H,11,13). The summed E-state index contributed by atoms with van der Waals surface area (Å²) in [5.41, 5.74) is 0. The van der Waals surface area contributed by atoms with Gasteiger partial charge in [0.1, 0.15) is 0 Å². The van der Waals surface area contributed by atoms with Crippen LogP contribution in [0, 0.1) is 0 Å². The second-order valence-electron chi connectivity index (χ2n) is 3.38. The minimum Gasteiger partial charge on any atom is -0.450 e. The molecule has 82 valence electrons. The zero-order valence-electron chi connectivity index (χ0n) is 8.46. The van der Waals surface area contributed by atoms with E-state index in [4.69, 9.17) is 4.74 Å². The molecule has 1 rings (SSSR count). The lowest BCUT2D eigenvalue weighted by molar-refractivity contribution is 0.140. The van der Waals surface area contributed by atoms with Gasteiger partial charge < -0.3 is 10.1 Å². The molecule has 0 aromatic rings. The van der Waals surface area contributed by atoms with Gasteiger partial charge in [-0.15, -0.1) is 0 Å². The van der Waals surface area contributed by atoms with Crippen LogP contribution in [0.1, 0.15) is 19.8 Å². The predicted octanol–water partition coefficient (Wildman–Crippen LogP) is 1.59. The lowest BCUT2D eigenvalue weighted by Crippen LogP contribution is -2.44. The van der Waals surface area contributed by atoms with Gasteiger partial charge in [-0.25, -0.2) is 4.79 Å². The summed E-state index contributed by atoms with van der Waals surface area (Å²) >= 11 is 2.37. The quantitative estimate of drug-likeness (QED) is 0.489. The van der Waals surface area contributed by atoms with Crippen molar-refractivity contribution in [2.45, 2.75) is 25.8 Å². The highest BCUT2D eigenvalue weighted by Crippen LogP contribution is 2.11. The van der Waals surface area contributed by atoms with Crippen molar-refractivity contribution in [1.82, 2.24) is 10.2 Å². The highest BCUT2D eigenvalue weighted by atomic mass is 127. The van der Waals surface area contributed by atoms with E-state index in [-0.39, 0.29) is 6.09 Å². The van der Waals surface area contributed by atoms with Crippen molar-refractivity contribution in [3.8, 4) is 0 Å². The zero-order chi connectivity index (χ0) is 10.4. The Hall–Kier alpha value is -0.0400. The Bertz CT molecular complexity index is 182. The molecule has 0 aromatic heterocycles. The first-order valence-corrected chi connectivity index (χ1v) is 6.50. The number of likely N-dealkylation sites (tertiary alicyclic amines) is 1. The fourth-order valence-corrected chi connectivity index (χ4v) is 2.22. The number of hydrogen-bond donors (Lipinski definition) is 1. The number of halogens is 1. The van der Waals surface area contributed by atoms with E-state index >= 15 is 0 Å². The molecule has 0 aliphatic carbocycles. The highest BCUT2D eigenvalue weighted by Gasteiger charge is 2.19. The number of carbonyl (C=O) groups is 1. The van der Waals surface area contributed by atoms with Crippen molar-refractivity contribution in [3.05, 3.63) is 0 Å². The topological polar surface area (TPSA) is 41.6 Å². The first-order valence-electron chi connectivity index (χ1n) is 4.98. The van der Waals surface area contributed by atoms with Gasteiger partial charge in [0.2, 0.25) is 0 Å². The third-order valence-corrected chi connectivity index (χ3v) is 3.32. The van der Waals surface area contributed by atoms with Gasteiger partial charge in [-0.1, -0.05) is 22.6 Å². The van der Waals surface area contributed by atoms with Crippen LogP contribution in [0.3, 0.4) is 0 Å². The van der Waals surface area contributed by atoms with Crippen LogP contribution in [0.4, 0.5) is 4.79 Å². The molecular weight excluding hydrogens is 295 g/mol. The molecule has 5 heteroatoms.